The van der Waals surface area contributed by atoms with Crippen LogP contribution in [-0.4, -0.2) is 74.0 Å². The molecule has 0 fully saturated rings. The number of nitrogens with one attached hydrogen (secondary N) is 2. The Hall–Kier alpha value is -3.72. The average molecular weight is 806 g/mol. The molecule has 11 nitrogen and oxygen atoms in total. The number of carbonyl (C=O) groups is 2. The zero-order valence-corrected chi connectivity index (χ0v) is 35.9. The first-order chi connectivity index (χ1) is 26.3. The third kappa shape index (κ3) is 13.2. The van der Waals surface area contributed by atoms with Crippen LogP contribution in [-0.2, 0) is 36.5 Å². The van der Waals surface area contributed by atoms with Gasteiger partial charge in [0.1, 0.15) is 24.7 Å². The van der Waals surface area contributed by atoms with Crippen molar-refractivity contribution >= 4 is 46.6 Å². The molecule has 3 rings (SSSR count). The number of ketones is 2. The minimum atomic E-state index is -0.261. The Bertz CT molecular complexity index is 1750. The van der Waals surface area contributed by atoms with E-state index in [2.05, 4.69) is 59.7 Å². The van der Waals surface area contributed by atoms with Crippen molar-refractivity contribution in [1.29, 1.82) is 10.8 Å². The summed E-state index contributed by atoms with van der Waals surface area (Å²) in [6, 6.07) is 11.5. The van der Waals surface area contributed by atoms with Gasteiger partial charge in [0.15, 0.2) is 11.6 Å². The lowest BCUT2D eigenvalue weighted by atomic mass is 9.83. The van der Waals surface area contributed by atoms with Crippen LogP contribution in [0.2, 0.25) is 0 Å². The number of nitrogens with two attached hydrogens (primary N) is 5. The van der Waals surface area contributed by atoms with Crippen LogP contribution in [0.3, 0.4) is 0 Å². The zero-order valence-electron chi connectivity index (χ0n) is 34.3. The van der Waals surface area contributed by atoms with Crippen LogP contribution in [0.15, 0.2) is 46.2 Å². The van der Waals surface area contributed by atoms with E-state index in [1.54, 1.807) is 30.8 Å². The summed E-state index contributed by atoms with van der Waals surface area (Å²) in [4.78, 5) is 31.1. The Morgan fingerprint density at radius 2 is 0.964 bits per heavy atom. The number of rotatable bonds is 22. The molecule has 0 atom stereocenters. The number of thioether (sulfide) groups is 2. The lowest BCUT2D eigenvalue weighted by Crippen LogP contribution is -2.19. The van der Waals surface area contributed by atoms with Crippen LogP contribution >= 0.6 is 23.5 Å². The van der Waals surface area contributed by atoms with E-state index >= 15 is 0 Å². The fourth-order valence-corrected chi connectivity index (χ4v) is 8.10. The highest BCUT2D eigenvalue weighted by Gasteiger charge is 2.27. The van der Waals surface area contributed by atoms with Gasteiger partial charge >= 0.3 is 0 Å². The van der Waals surface area contributed by atoms with E-state index in [1.807, 2.05) is 6.07 Å². The van der Waals surface area contributed by atoms with Crippen molar-refractivity contribution in [2.24, 2.45) is 28.7 Å². The Balaban J connectivity index is 2.28. The largest absolute Gasteiger partial charge is 0.491 e. The highest BCUT2D eigenvalue weighted by Crippen LogP contribution is 2.38. The van der Waals surface area contributed by atoms with Crippen molar-refractivity contribution in [3.63, 3.8) is 0 Å². The maximum Gasteiger partial charge on any atom is 0.171 e. The Morgan fingerprint density at radius 1 is 0.589 bits per heavy atom. The third-order valence-corrected chi connectivity index (χ3v) is 11.4. The summed E-state index contributed by atoms with van der Waals surface area (Å²) < 4.78 is 12.1. The number of hydrogen-bond acceptors (Lipinski definition) is 12. The normalized spacial score (nSPS) is 11.8. The van der Waals surface area contributed by atoms with E-state index in [1.165, 1.54) is 11.8 Å². The quantitative estimate of drug-likeness (QED) is 0.0271. The second kappa shape index (κ2) is 21.2. The van der Waals surface area contributed by atoms with E-state index in [0.717, 1.165) is 43.2 Å². The summed E-state index contributed by atoms with van der Waals surface area (Å²) in [5.74, 6) is 1.30. The fraction of sp³-hybridized carbons (Fsp3) is 0.488. The lowest BCUT2D eigenvalue weighted by Gasteiger charge is -2.24. The molecular weight excluding hydrogens is 743 g/mol. The van der Waals surface area contributed by atoms with Crippen molar-refractivity contribution in [2.75, 3.05) is 50.9 Å². The van der Waals surface area contributed by atoms with E-state index < -0.39 is 0 Å². The molecule has 0 bridgehead atoms. The summed E-state index contributed by atoms with van der Waals surface area (Å²) in [6.45, 7) is 16.0. The van der Waals surface area contributed by atoms with Crippen LogP contribution in [0, 0.1) is 10.8 Å². The monoisotopic (exact) mass is 805 g/mol. The predicted octanol–water partition coefficient (Wildman–Crippen LogP) is 5.97. The van der Waals surface area contributed by atoms with Gasteiger partial charge in [0.05, 0.1) is 17.0 Å². The molecule has 0 aliphatic carbocycles. The molecule has 3 aromatic carbocycles. The summed E-state index contributed by atoms with van der Waals surface area (Å²) in [5.41, 5.74) is 35.5. The average Bonchev–Trinajstić information content (AvgIpc) is 3.10. The first-order valence-corrected chi connectivity index (χ1v) is 21.1. The van der Waals surface area contributed by atoms with Crippen LogP contribution in [0.5, 0.6) is 11.5 Å². The van der Waals surface area contributed by atoms with Gasteiger partial charge in [-0.2, -0.15) is 0 Å². The second-order valence-electron chi connectivity index (χ2n) is 16.0. The molecule has 0 heterocycles. The molecule has 306 valence electrons. The molecule has 0 aromatic heterocycles. The molecule has 0 aliphatic heterocycles. The van der Waals surface area contributed by atoms with Gasteiger partial charge in [-0.1, -0.05) is 65.8 Å². The van der Waals surface area contributed by atoms with Gasteiger partial charge in [0.25, 0.3) is 0 Å². The number of carbonyl (C=O) groups excluding carboxylic acids is 2. The summed E-state index contributed by atoms with van der Waals surface area (Å²) in [6.07, 6.45) is 0.707. The summed E-state index contributed by atoms with van der Waals surface area (Å²) >= 11 is 3.13. The highest BCUT2D eigenvalue weighted by molar-refractivity contribution is 7.99. The van der Waals surface area contributed by atoms with Crippen molar-refractivity contribution in [3.05, 3.63) is 80.9 Å². The van der Waals surface area contributed by atoms with E-state index in [0.29, 0.717) is 36.7 Å². The summed E-state index contributed by atoms with van der Waals surface area (Å²) in [5, 5.41) is 16.4. The number of ether oxygens (including phenoxy) is 2. The minimum absolute atomic E-state index is 0.00279. The topological polar surface area (TPSA) is 230 Å². The van der Waals surface area contributed by atoms with Gasteiger partial charge in [0.2, 0.25) is 0 Å². The van der Waals surface area contributed by atoms with Gasteiger partial charge in [-0.25, -0.2) is 0 Å². The molecular formula is C43H63N7O4S2. The van der Waals surface area contributed by atoms with Gasteiger partial charge in [0, 0.05) is 84.9 Å². The number of Topliss-reactive ketones (excluding diaryl/α,β-unsaturated/α-hetero) is 2. The third-order valence-electron chi connectivity index (χ3n) is 8.92. The molecule has 3 aromatic rings. The van der Waals surface area contributed by atoms with Crippen LogP contribution in [0.4, 0.5) is 0 Å². The first-order valence-electron chi connectivity index (χ1n) is 19.1. The van der Waals surface area contributed by atoms with Crippen LogP contribution in [0.25, 0.3) is 0 Å². The maximum atomic E-state index is 14.6. The van der Waals surface area contributed by atoms with Crippen molar-refractivity contribution < 1.29 is 19.1 Å². The molecule has 0 amide bonds. The van der Waals surface area contributed by atoms with E-state index in [9.17, 15) is 9.59 Å². The smallest absolute Gasteiger partial charge is 0.171 e. The molecule has 0 radical (unpaired) electrons. The van der Waals surface area contributed by atoms with E-state index in [4.69, 9.17) is 49.0 Å². The lowest BCUT2D eigenvalue weighted by molar-refractivity contribution is 0.0988. The number of hydrogen-bond donors (Lipinski definition) is 7. The SMILES string of the molecule is CC(=N)Cc1cc(C(C)(C)C)cc(CC(=O)c2cc(C(=O)Cc3cc(C(C)(C)C)cc(CC(=N)N)c3SCCN)c(OCCN)cc2OCCN)c1SCCN. The molecule has 0 unspecified atom stereocenters. The van der Waals surface area contributed by atoms with Crippen LogP contribution < -0.4 is 38.1 Å². The van der Waals surface area contributed by atoms with E-state index in [-0.39, 0.29) is 96.4 Å². The Kier molecular flexibility index (Phi) is 17.6. The van der Waals surface area contributed by atoms with Crippen LogP contribution in [0.1, 0.15) is 103 Å². The summed E-state index contributed by atoms with van der Waals surface area (Å²) in [7, 11) is 0. The van der Waals surface area contributed by atoms with Gasteiger partial charge in [-0.05, 0) is 57.2 Å². The number of amidine groups is 1. The van der Waals surface area contributed by atoms with Gasteiger partial charge in [-0.15, -0.1) is 23.5 Å². The molecule has 0 spiro atoms. The van der Waals surface area contributed by atoms with Crippen molar-refractivity contribution in [1.82, 2.24) is 0 Å². The van der Waals surface area contributed by atoms with Gasteiger partial charge < -0.3 is 43.6 Å². The van der Waals surface area contributed by atoms with Crippen molar-refractivity contribution in [2.45, 2.75) is 94.8 Å². The number of benzene rings is 3. The minimum Gasteiger partial charge on any atom is -0.491 e. The molecule has 0 aliphatic rings. The van der Waals surface area contributed by atoms with Gasteiger partial charge in [-0.3, -0.25) is 15.0 Å². The highest BCUT2D eigenvalue weighted by atomic mass is 32.2. The standard InChI is InChI=1S/C43H63N7O4S2/c1-26(48)16-27-17-31(42(2,3)4)18-28(40(27)55-14-10-46)21-35(51)33-24-34(38(54-13-9-45)25-37(33)53-12-8-44)36(52)22-29-19-32(43(5,6)7)20-30(23-39(49)50)41(29)56-15-11-47/h17-20,24-25,48H,8-16,21-23,44-47H2,1-7H3,(H3,49,50). The fourth-order valence-electron chi connectivity index (χ4n) is 6.19. The molecule has 0 saturated heterocycles. The maximum absolute atomic E-state index is 14.6. The second-order valence-corrected chi connectivity index (χ2v) is 18.2. The molecule has 0 saturated carbocycles. The molecule has 56 heavy (non-hydrogen) atoms. The predicted molar refractivity (Wildman–Crippen MR) is 234 cm³/mol. The molecule has 13 heteroatoms. The van der Waals surface area contributed by atoms with Crippen molar-refractivity contribution in [3.8, 4) is 11.5 Å². The molecule has 12 N–H and O–H groups in total. The first kappa shape index (κ1) is 46.7. The Labute approximate surface area is 342 Å². The Morgan fingerprint density at radius 3 is 1.29 bits per heavy atom. The zero-order chi connectivity index (χ0) is 41.8.